The standard InChI is InChI=1S/C16H15ClF3N3O/c1-8-7-24-14-11(8)6-9(2-4-21)23-13(14)10-3-5-22-15(12(10)17)16(18,19)20/h3,5-6,8H,2,4,7,21H2,1H3. The Hall–Kier alpha value is -1.86. The summed E-state index contributed by atoms with van der Waals surface area (Å²) in [4.78, 5) is 7.80. The van der Waals surface area contributed by atoms with Gasteiger partial charge in [-0.25, -0.2) is 4.98 Å². The minimum absolute atomic E-state index is 0.126. The number of nitrogens with zero attached hydrogens (tertiary/aromatic N) is 2. The Morgan fingerprint density at radius 3 is 2.83 bits per heavy atom. The average molecular weight is 358 g/mol. The van der Waals surface area contributed by atoms with Gasteiger partial charge in [-0.05, 0) is 18.7 Å². The van der Waals surface area contributed by atoms with Gasteiger partial charge in [0.05, 0.1) is 11.6 Å². The van der Waals surface area contributed by atoms with E-state index in [2.05, 4.69) is 9.97 Å². The normalized spacial score (nSPS) is 16.8. The minimum atomic E-state index is -4.64. The molecule has 0 spiro atoms. The van der Waals surface area contributed by atoms with Gasteiger partial charge < -0.3 is 10.5 Å². The molecule has 0 saturated carbocycles. The summed E-state index contributed by atoms with van der Waals surface area (Å²) in [6.07, 6.45) is -3.05. The Morgan fingerprint density at radius 1 is 1.42 bits per heavy atom. The molecule has 3 heterocycles. The lowest BCUT2D eigenvalue weighted by atomic mass is 9.99. The second kappa shape index (κ2) is 6.22. The van der Waals surface area contributed by atoms with Crippen LogP contribution in [0.15, 0.2) is 18.3 Å². The number of hydrogen-bond donors (Lipinski definition) is 1. The third-order valence-corrected chi connectivity index (χ3v) is 4.26. The summed E-state index contributed by atoms with van der Waals surface area (Å²) in [5.41, 5.74) is 6.52. The van der Waals surface area contributed by atoms with Gasteiger partial charge in [-0.1, -0.05) is 18.5 Å². The highest BCUT2D eigenvalue weighted by Gasteiger charge is 2.37. The molecule has 3 rings (SSSR count). The van der Waals surface area contributed by atoms with E-state index in [4.69, 9.17) is 22.1 Å². The SMILES string of the molecule is CC1COc2c1cc(CCN)nc2-c1ccnc(C(F)(F)F)c1Cl. The number of pyridine rings is 2. The zero-order valence-electron chi connectivity index (χ0n) is 12.8. The lowest BCUT2D eigenvalue weighted by Gasteiger charge is -2.14. The molecule has 0 aromatic carbocycles. The van der Waals surface area contributed by atoms with Crippen LogP contribution in [0.3, 0.4) is 0 Å². The maximum atomic E-state index is 13.1. The smallest absolute Gasteiger partial charge is 0.434 e. The maximum absolute atomic E-state index is 13.1. The molecule has 0 radical (unpaired) electrons. The van der Waals surface area contributed by atoms with Crippen LogP contribution in [0.4, 0.5) is 13.2 Å². The molecule has 0 saturated heterocycles. The lowest BCUT2D eigenvalue weighted by Crippen LogP contribution is -2.10. The fraction of sp³-hybridized carbons (Fsp3) is 0.375. The first-order chi connectivity index (χ1) is 11.3. The first kappa shape index (κ1) is 17.0. The predicted molar refractivity (Wildman–Crippen MR) is 84.1 cm³/mol. The predicted octanol–water partition coefficient (Wildman–Crippen LogP) is 3.81. The van der Waals surface area contributed by atoms with Crippen molar-refractivity contribution in [1.29, 1.82) is 0 Å². The van der Waals surface area contributed by atoms with Gasteiger partial charge in [0, 0.05) is 35.4 Å². The number of rotatable bonds is 3. The number of nitrogens with two attached hydrogens (primary N) is 1. The van der Waals surface area contributed by atoms with Crippen molar-refractivity contribution in [3.8, 4) is 17.0 Å². The van der Waals surface area contributed by atoms with Gasteiger partial charge in [0.15, 0.2) is 5.69 Å². The Labute approximate surface area is 141 Å². The molecule has 4 nitrogen and oxygen atoms in total. The number of alkyl halides is 3. The van der Waals surface area contributed by atoms with Crippen molar-refractivity contribution >= 4 is 11.6 Å². The van der Waals surface area contributed by atoms with Crippen molar-refractivity contribution in [2.24, 2.45) is 5.73 Å². The van der Waals surface area contributed by atoms with E-state index in [1.165, 1.54) is 6.07 Å². The molecule has 0 bridgehead atoms. The highest BCUT2D eigenvalue weighted by Crippen LogP contribution is 2.45. The van der Waals surface area contributed by atoms with Crippen molar-refractivity contribution in [3.05, 3.63) is 40.3 Å². The number of aromatic nitrogens is 2. The number of halogens is 4. The van der Waals surface area contributed by atoms with Crippen molar-refractivity contribution < 1.29 is 17.9 Å². The van der Waals surface area contributed by atoms with E-state index in [-0.39, 0.29) is 11.5 Å². The molecular formula is C16H15ClF3N3O. The summed E-state index contributed by atoms with van der Waals surface area (Å²) >= 11 is 5.99. The first-order valence-electron chi connectivity index (χ1n) is 7.41. The Morgan fingerprint density at radius 2 is 2.17 bits per heavy atom. The van der Waals surface area contributed by atoms with E-state index in [1.807, 2.05) is 13.0 Å². The number of hydrogen-bond acceptors (Lipinski definition) is 4. The van der Waals surface area contributed by atoms with Crippen LogP contribution < -0.4 is 10.5 Å². The van der Waals surface area contributed by atoms with Gasteiger partial charge in [-0.2, -0.15) is 13.2 Å². The molecule has 0 amide bonds. The van der Waals surface area contributed by atoms with Crippen molar-refractivity contribution in [2.75, 3.05) is 13.2 Å². The van der Waals surface area contributed by atoms with E-state index >= 15 is 0 Å². The van der Waals surface area contributed by atoms with Crippen molar-refractivity contribution in [1.82, 2.24) is 9.97 Å². The fourth-order valence-corrected chi connectivity index (χ4v) is 3.02. The van der Waals surface area contributed by atoms with E-state index < -0.39 is 16.9 Å². The summed E-state index contributed by atoms with van der Waals surface area (Å²) in [6.45, 7) is 2.82. The third-order valence-electron chi connectivity index (χ3n) is 3.88. The average Bonchev–Trinajstić information content (AvgIpc) is 2.88. The molecule has 2 aromatic rings. The molecule has 128 valence electrons. The molecule has 1 unspecified atom stereocenters. The van der Waals surface area contributed by atoms with Gasteiger partial charge in [0.2, 0.25) is 0 Å². The monoisotopic (exact) mass is 357 g/mol. The topological polar surface area (TPSA) is 61.0 Å². The van der Waals surface area contributed by atoms with Crippen LogP contribution in [0.25, 0.3) is 11.3 Å². The zero-order valence-corrected chi connectivity index (χ0v) is 13.6. The van der Waals surface area contributed by atoms with Crippen molar-refractivity contribution in [3.63, 3.8) is 0 Å². The van der Waals surface area contributed by atoms with E-state index in [9.17, 15) is 13.2 Å². The fourth-order valence-electron chi connectivity index (χ4n) is 2.71. The van der Waals surface area contributed by atoms with E-state index in [1.54, 1.807) is 0 Å². The molecule has 8 heteroatoms. The van der Waals surface area contributed by atoms with Crippen molar-refractivity contribution in [2.45, 2.75) is 25.4 Å². The second-order valence-electron chi connectivity index (χ2n) is 5.65. The van der Waals surface area contributed by atoms with Crippen LogP contribution in [0.1, 0.15) is 29.8 Å². The summed E-state index contributed by atoms with van der Waals surface area (Å²) < 4.78 is 44.9. The van der Waals surface area contributed by atoms with Gasteiger partial charge in [0.1, 0.15) is 11.4 Å². The number of ether oxygens (including phenoxy) is 1. The summed E-state index contributed by atoms with van der Waals surface area (Å²) in [5.74, 6) is 0.602. The Bertz CT molecular complexity index is 780. The summed E-state index contributed by atoms with van der Waals surface area (Å²) in [7, 11) is 0. The van der Waals surface area contributed by atoms with Crippen LogP contribution >= 0.6 is 11.6 Å². The molecule has 2 N–H and O–H groups in total. The van der Waals surface area contributed by atoms with E-state index in [0.717, 1.165) is 11.8 Å². The van der Waals surface area contributed by atoms with Gasteiger partial charge in [0.25, 0.3) is 0 Å². The van der Waals surface area contributed by atoms with Crippen LogP contribution in [0.5, 0.6) is 5.75 Å². The minimum Gasteiger partial charge on any atom is -0.490 e. The molecule has 1 aliphatic heterocycles. The van der Waals surface area contributed by atoms with Crippen LogP contribution in [0.2, 0.25) is 5.02 Å². The Kier molecular flexibility index (Phi) is 4.40. The van der Waals surface area contributed by atoms with Gasteiger partial charge in [-0.3, -0.25) is 4.98 Å². The molecule has 0 fully saturated rings. The number of fused-ring (bicyclic) bond motifs is 1. The first-order valence-corrected chi connectivity index (χ1v) is 7.79. The largest absolute Gasteiger partial charge is 0.490 e. The highest BCUT2D eigenvalue weighted by molar-refractivity contribution is 6.34. The van der Waals surface area contributed by atoms with E-state index in [0.29, 0.717) is 36.7 Å². The van der Waals surface area contributed by atoms with Gasteiger partial charge in [-0.15, -0.1) is 0 Å². The molecule has 0 aliphatic carbocycles. The third kappa shape index (κ3) is 2.93. The van der Waals surface area contributed by atoms with Gasteiger partial charge >= 0.3 is 6.18 Å². The summed E-state index contributed by atoms with van der Waals surface area (Å²) in [6, 6.07) is 3.31. The Balaban J connectivity index is 2.22. The highest BCUT2D eigenvalue weighted by atomic mass is 35.5. The zero-order chi connectivity index (χ0) is 17.5. The molecule has 24 heavy (non-hydrogen) atoms. The summed E-state index contributed by atoms with van der Waals surface area (Å²) in [5, 5.41) is -0.479. The van der Waals surface area contributed by atoms with Crippen LogP contribution in [-0.2, 0) is 12.6 Å². The second-order valence-corrected chi connectivity index (χ2v) is 6.03. The molecule has 1 aliphatic rings. The quantitative estimate of drug-likeness (QED) is 0.907. The lowest BCUT2D eigenvalue weighted by molar-refractivity contribution is -0.141. The molecule has 1 atom stereocenters. The maximum Gasteiger partial charge on any atom is 0.434 e. The molecule has 2 aromatic heterocycles. The molecular weight excluding hydrogens is 343 g/mol. The van der Waals surface area contributed by atoms with Crippen LogP contribution in [-0.4, -0.2) is 23.1 Å². The van der Waals surface area contributed by atoms with Crippen LogP contribution in [0, 0.1) is 0 Å².